The highest BCUT2D eigenvalue weighted by Crippen LogP contribution is 2.30. The summed E-state index contributed by atoms with van der Waals surface area (Å²) in [5.41, 5.74) is 4.39. The van der Waals surface area contributed by atoms with E-state index >= 15 is 0 Å². The number of piperidine rings is 2. The van der Waals surface area contributed by atoms with Crippen LogP contribution >= 0.6 is 0 Å². The molecule has 0 spiro atoms. The summed E-state index contributed by atoms with van der Waals surface area (Å²) in [6, 6.07) is 25.2. The number of amides is 4. The molecule has 5 heterocycles. The van der Waals surface area contributed by atoms with Crippen LogP contribution < -0.4 is 20.9 Å². The molecule has 5 aromatic rings. The molecule has 8 rings (SSSR count). The lowest BCUT2D eigenvalue weighted by Crippen LogP contribution is -2.49. The van der Waals surface area contributed by atoms with Crippen molar-refractivity contribution >= 4 is 35.1 Å². The zero-order chi connectivity index (χ0) is 44.6. The van der Waals surface area contributed by atoms with Crippen LogP contribution in [0.1, 0.15) is 59.9 Å². The third-order valence-electron chi connectivity index (χ3n) is 12.5. The third-order valence-corrected chi connectivity index (χ3v) is 12.5. The van der Waals surface area contributed by atoms with Crippen molar-refractivity contribution in [2.75, 3.05) is 62.6 Å². The first-order valence-electron chi connectivity index (χ1n) is 21.9. The van der Waals surface area contributed by atoms with Gasteiger partial charge in [-0.3, -0.25) is 34.1 Å². The van der Waals surface area contributed by atoms with Crippen LogP contribution in [-0.4, -0.2) is 101 Å². The van der Waals surface area contributed by atoms with Crippen LogP contribution in [0, 0.1) is 5.92 Å². The predicted octanol–water partition coefficient (Wildman–Crippen LogP) is 6.06. The number of nitrogens with one attached hydrogen (secondary N) is 3. The van der Waals surface area contributed by atoms with Crippen LogP contribution in [0.5, 0.6) is 0 Å². The molecule has 0 saturated carbocycles. The number of carbonyl (C=O) groups excluding carboxylic acids is 4. The largest absolute Gasteiger partial charge is 0.416 e. The average molecular weight is 876 g/mol. The van der Waals surface area contributed by atoms with Crippen molar-refractivity contribution in [1.82, 2.24) is 35.2 Å². The standard InChI is InChI=1S/C48H52F3N9O4/c49-48(50,51)39-11-6-33(7-12-39)18-21-52-45(36-4-2-1-3-5-36)47(64)55-42-16-10-37(28-53-42)38-29-54-60(31-38)32-44(62)59-22-19-34(20-23-59)30-57-24-26-58(27-25-57)40-13-8-35(9-14-40)41-15-17-43(61)56-46(41)63/h1-14,16,28-29,31,34,41,45,52H,15,17-27,30,32H2,(H,53,55,64)(H,56,61,63). The molecule has 13 nitrogen and oxygen atoms in total. The van der Waals surface area contributed by atoms with Crippen molar-refractivity contribution in [3.05, 3.63) is 132 Å². The number of halogens is 3. The molecular weight excluding hydrogens is 824 g/mol. The van der Waals surface area contributed by atoms with E-state index in [4.69, 9.17) is 0 Å². The molecule has 334 valence electrons. The summed E-state index contributed by atoms with van der Waals surface area (Å²) < 4.78 is 40.6. The van der Waals surface area contributed by atoms with E-state index in [2.05, 4.69) is 48.0 Å². The van der Waals surface area contributed by atoms with E-state index in [0.717, 1.165) is 85.6 Å². The molecule has 2 atom stereocenters. The predicted molar refractivity (Wildman–Crippen MR) is 236 cm³/mol. The van der Waals surface area contributed by atoms with Crippen LogP contribution in [-0.2, 0) is 38.3 Å². The highest BCUT2D eigenvalue weighted by molar-refractivity contribution is 6.01. The quantitative estimate of drug-likeness (QED) is 0.114. The summed E-state index contributed by atoms with van der Waals surface area (Å²) >= 11 is 0. The van der Waals surface area contributed by atoms with E-state index < -0.39 is 17.8 Å². The molecule has 64 heavy (non-hydrogen) atoms. The van der Waals surface area contributed by atoms with Crippen molar-refractivity contribution < 1.29 is 32.3 Å². The van der Waals surface area contributed by atoms with Crippen molar-refractivity contribution in [1.29, 1.82) is 0 Å². The number of nitrogens with zero attached hydrogens (tertiary/aromatic N) is 6. The third kappa shape index (κ3) is 11.2. The van der Waals surface area contributed by atoms with Gasteiger partial charge in [0.25, 0.3) is 0 Å². The fourth-order valence-electron chi connectivity index (χ4n) is 8.75. The van der Waals surface area contributed by atoms with Gasteiger partial charge >= 0.3 is 6.18 Å². The molecule has 16 heteroatoms. The zero-order valence-electron chi connectivity index (χ0n) is 35.5. The van der Waals surface area contributed by atoms with Gasteiger partial charge in [-0.1, -0.05) is 54.6 Å². The fraction of sp³-hybridized carbons (Fsp3) is 0.375. The molecule has 2 aromatic heterocycles. The van der Waals surface area contributed by atoms with Gasteiger partial charge in [-0.25, -0.2) is 4.98 Å². The van der Waals surface area contributed by atoms with Crippen molar-refractivity contribution in [3.8, 4) is 11.1 Å². The van der Waals surface area contributed by atoms with Crippen LogP contribution in [0.25, 0.3) is 11.1 Å². The van der Waals surface area contributed by atoms with E-state index in [1.165, 1.54) is 12.1 Å². The summed E-state index contributed by atoms with van der Waals surface area (Å²) in [5.74, 6) is -0.115. The van der Waals surface area contributed by atoms with E-state index in [1.807, 2.05) is 59.6 Å². The maximum absolute atomic E-state index is 13.5. The van der Waals surface area contributed by atoms with Gasteiger partial charge in [0.2, 0.25) is 23.6 Å². The second-order valence-corrected chi connectivity index (χ2v) is 16.8. The Morgan fingerprint density at radius 2 is 1.55 bits per heavy atom. The number of alkyl halides is 3. The number of imide groups is 1. The summed E-state index contributed by atoms with van der Waals surface area (Å²) in [4.78, 5) is 62.0. The number of anilines is 2. The Bertz CT molecular complexity index is 2380. The maximum atomic E-state index is 13.5. The summed E-state index contributed by atoms with van der Waals surface area (Å²) in [5, 5.41) is 13.0. The Morgan fingerprint density at radius 3 is 2.22 bits per heavy atom. The van der Waals surface area contributed by atoms with E-state index in [9.17, 15) is 32.3 Å². The summed E-state index contributed by atoms with van der Waals surface area (Å²) in [6.45, 7) is 6.71. The highest BCUT2D eigenvalue weighted by Gasteiger charge is 2.31. The summed E-state index contributed by atoms with van der Waals surface area (Å²) in [7, 11) is 0. The van der Waals surface area contributed by atoms with E-state index in [0.29, 0.717) is 56.2 Å². The number of pyridine rings is 1. The topological polar surface area (TPSA) is 145 Å². The number of rotatable bonds is 14. The lowest BCUT2D eigenvalue weighted by molar-refractivity contribution is -0.138. The number of piperazine rings is 1. The van der Waals surface area contributed by atoms with E-state index in [-0.39, 0.29) is 36.1 Å². The molecule has 3 aliphatic heterocycles. The second kappa shape index (κ2) is 20.0. The Balaban J connectivity index is 0.761. The molecule has 0 bridgehead atoms. The SMILES string of the molecule is O=C1CCC(c2ccc(N3CCN(CC4CCN(C(=O)Cn5cc(-c6ccc(NC(=O)C(NCCc7ccc(C(F)(F)F)cc7)c7ccccc7)nc6)cn5)CC4)CC3)cc2)C(=O)N1. The lowest BCUT2D eigenvalue weighted by Gasteiger charge is -2.39. The Hall–Kier alpha value is -6.39. The number of carbonyl (C=O) groups is 4. The summed E-state index contributed by atoms with van der Waals surface area (Å²) in [6.07, 6.45) is 4.01. The zero-order valence-corrected chi connectivity index (χ0v) is 35.5. The molecule has 3 aromatic carbocycles. The van der Waals surface area contributed by atoms with Gasteiger partial charge in [0.05, 0.1) is 17.7 Å². The molecular formula is C48H52F3N9O4. The smallest absolute Gasteiger partial charge is 0.369 e. The number of hydrogen-bond acceptors (Lipinski definition) is 9. The van der Waals surface area contributed by atoms with Crippen molar-refractivity contribution in [2.24, 2.45) is 5.92 Å². The van der Waals surface area contributed by atoms with Crippen molar-refractivity contribution in [3.63, 3.8) is 0 Å². The first-order chi connectivity index (χ1) is 30.9. The number of likely N-dealkylation sites (tertiary alicyclic amines) is 1. The molecule has 2 unspecified atom stereocenters. The van der Waals surface area contributed by atoms with E-state index in [1.54, 1.807) is 23.1 Å². The first kappa shape index (κ1) is 44.2. The van der Waals surface area contributed by atoms with Gasteiger partial charge in [-0.2, -0.15) is 18.3 Å². The average Bonchev–Trinajstić information content (AvgIpc) is 3.77. The van der Waals surface area contributed by atoms with Gasteiger partial charge < -0.3 is 20.4 Å². The minimum absolute atomic E-state index is 0.0301. The van der Waals surface area contributed by atoms with Gasteiger partial charge in [-0.05, 0) is 84.7 Å². The molecule has 4 amide bonds. The maximum Gasteiger partial charge on any atom is 0.416 e. The van der Waals surface area contributed by atoms with Gasteiger partial charge in [0.15, 0.2) is 0 Å². The molecule has 0 radical (unpaired) electrons. The first-order valence-corrected chi connectivity index (χ1v) is 21.9. The van der Waals surface area contributed by atoms with Gasteiger partial charge in [0.1, 0.15) is 18.4 Å². The van der Waals surface area contributed by atoms with Crippen molar-refractivity contribution in [2.45, 2.75) is 56.8 Å². The monoisotopic (exact) mass is 875 g/mol. The second-order valence-electron chi connectivity index (χ2n) is 16.8. The van der Waals surface area contributed by atoms with Gasteiger partial charge in [-0.15, -0.1) is 0 Å². The minimum Gasteiger partial charge on any atom is -0.369 e. The van der Waals surface area contributed by atoms with Crippen LogP contribution in [0.3, 0.4) is 0 Å². The van der Waals surface area contributed by atoms with Crippen LogP contribution in [0.15, 0.2) is 110 Å². The molecule has 3 saturated heterocycles. The molecule has 0 aliphatic carbocycles. The van der Waals surface area contributed by atoms with Gasteiger partial charge in [0, 0.05) is 88.0 Å². The number of benzene rings is 3. The highest BCUT2D eigenvalue weighted by atomic mass is 19.4. The van der Waals surface area contributed by atoms with Crippen LogP contribution in [0.2, 0.25) is 0 Å². The normalized spacial score (nSPS) is 18.1. The molecule has 3 aliphatic rings. The minimum atomic E-state index is -4.40. The number of aromatic nitrogens is 3. The Morgan fingerprint density at radius 1 is 0.812 bits per heavy atom. The lowest BCUT2D eigenvalue weighted by atomic mass is 9.90. The Kier molecular flexibility index (Phi) is 13.8. The van der Waals surface area contributed by atoms with Crippen LogP contribution in [0.4, 0.5) is 24.7 Å². The molecule has 3 fully saturated rings. The number of hydrogen-bond donors (Lipinski definition) is 3. The fourth-order valence-corrected chi connectivity index (χ4v) is 8.75. The Labute approximate surface area is 370 Å². The molecule has 3 N–H and O–H groups in total.